The Hall–Kier alpha value is -0.530. The van der Waals surface area contributed by atoms with Crippen LogP contribution in [0.4, 0.5) is 5.69 Å². The molecule has 1 aliphatic heterocycles. The van der Waals surface area contributed by atoms with Crippen molar-refractivity contribution in [3.63, 3.8) is 0 Å². The molecule has 0 unspecified atom stereocenters. The minimum absolute atomic E-state index is 0.0445. The lowest BCUT2D eigenvalue weighted by atomic mass is 10.0. The Kier molecular flexibility index (Phi) is 5.14. The van der Waals surface area contributed by atoms with Crippen LogP contribution in [-0.4, -0.2) is 28.2 Å². The Morgan fingerprint density at radius 2 is 1.95 bits per heavy atom. The van der Waals surface area contributed by atoms with Crippen molar-refractivity contribution in [2.24, 2.45) is 5.92 Å². The number of anilines is 1. The number of nitrogens with two attached hydrogens (primary N) is 1. The summed E-state index contributed by atoms with van der Waals surface area (Å²) < 4.78 is 32.3. The van der Waals surface area contributed by atoms with E-state index in [2.05, 4.69) is 4.72 Å². The lowest BCUT2D eigenvalue weighted by Crippen LogP contribution is -2.32. The highest BCUT2D eigenvalue weighted by Crippen LogP contribution is 2.33. The van der Waals surface area contributed by atoms with Crippen molar-refractivity contribution < 1.29 is 13.2 Å². The van der Waals surface area contributed by atoms with Crippen molar-refractivity contribution in [2.45, 2.75) is 17.7 Å². The molecule has 1 aromatic rings. The number of hydrogen-bond donors (Lipinski definition) is 2. The van der Waals surface area contributed by atoms with Gasteiger partial charge in [0.2, 0.25) is 10.0 Å². The minimum atomic E-state index is -3.69. The molecule has 5 nitrogen and oxygen atoms in total. The van der Waals surface area contributed by atoms with Crippen LogP contribution >= 0.6 is 23.2 Å². The van der Waals surface area contributed by atoms with Gasteiger partial charge in [-0.15, -0.1) is 0 Å². The fourth-order valence-corrected chi connectivity index (χ4v) is 3.89. The molecule has 1 aromatic carbocycles. The fraction of sp³-hybridized carbons (Fsp3) is 0.500. The van der Waals surface area contributed by atoms with E-state index in [0.717, 1.165) is 12.8 Å². The summed E-state index contributed by atoms with van der Waals surface area (Å²) in [6.07, 6.45) is 1.69. The Labute approximate surface area is 128 Å². The number of nitrogen functional groups attached to an aromatic ring is 1. The largest absolute Gasteiger partial charge is 0.396 e. The van der Waals surface area contributed by atoms with E-state index in [4.69, 9.17) is 33.7 Å². The van der Waals surface area contributed by atoms with Gasteiger partial charge in [-0.25, -0.2) is 13.1 Å². The third-order valence-electron chi connectivity index (χ3n) is 3.28. The van der Waals surface area contributed by atoms with Crippen LogP contribution in [0, 0.1) is 5.92 Å². The minimum Gasteiger partial charge on any atom is -0.396 e. The van der Waals surface area contributed by atoms with Gasteiger partial charge in [-0.1, -0.05) is 23.2 Å². The molecule has 0 bridgehead atoms. The van der Waals surface area contributed by atoms with Crippen LogP contribution in [0.3, 0.4) is 0 Å². The highest BCUT2D eigenvalue weighted by Gasteiger charge is 2.22. The summed E-state index contributed by atoms with van der Waals surface area (Å²) >= 11 is 11.8. The molecule has 0 amide bonds. The predicted octanol–water partition coefficient (Wildman–Crippen LogP) is 2.28. The van der Waals surface area contributed by atoms with Gasteiger partial charge in [-0.05, 0) is 30.9 Å². The Morgan fingerprint density at radius 1 is 1.30 bits per heavy atom. The standard InChI is InChI=1S/C12H16Cl2N2O3S/c13-9-1-2-10(11(14)12(9)15)20(17,18)16-7-8-3-5-19-6-4-8/h1-2,8,16H,3-7,15H2. The molecule has 1 aliphatic rings. The van der Waals surface area contributed by atoms with Gasteiger partial charge in [-0.3, -0.25) is 0 Å². The summed E-state index contributed by atoms with van der Waals surface area (Å²) in [5, 5.41) is 0.190. The van der Waals surface area contributed by atoms with Gasteiger partial charge < -0.3 is 10.5 Å². The Balaban J connectivity index is 2.12. The first-order valence-electron chi connectivity index (χ1n) is 6.22. The molecule has 2 rings (SSSR count). The number of ether oxygens (including phenoxy) is 1. The quantitative estimate of drug-likeness (QED) is 0.825. The molecule has 8 heteroatoms. The summed E-state index contributed by atoms with van der Waals surface area (Å²) in [6, 6.07) is 2.78. The smallest absolute Gasteiger partial charge is 0.242 e. The Morgan fingerprint density at radius 3 is 2.60 bits per heavy atom. The predicted molar refractivity (Wildman–Crippen MR) is 79.6 cm³/mol. The zero-order chi connectivity index (χ0) is 14.8. The highest BCUT2D eigenvalue weighted by atomic mass is 35.5. The summed E-state index contributed by atoms with van der Waals surface area (Å²) in [5.74, 6) is 0.280. The maximum Gasteiger partial charge on any atom is 0.242 e. The first kappa shape index (κ1) is 15.9. The molecule has 0 saturated carbocycles. The van der Waals surface area contributed by atoms with E-state index in [1.165, 1.54) is 12.1 Å². The van der Waals surface area contributed by atoms with E-state index < -0.39 is 10.0 Å². The van der Waals surface area contributed by atoms with Crippen molar-refractivity contribution in [3.05, 3.63) is 22.2 Å². The van der Waals surface area contributed by atoms with E-state index >= 15 is 0 Å². The average molecular weight is 339 g/mol. The van der Waals surface area contributed by atoms with Crippen molar-refractivity contribution in [2.75, 3.05) is 25.5 Å². The second-order valence-corrected chi connectivity index (χ2v) is 7.20. The maximum absolute atomic E-state index is 12.2. The molecule has 0 aliphatic carbocycles. The summed E-state index contributed by atoms with van der Waals surface area (Å²) in [5.41, 5.74) is 5.72. The number of sulfonamides is 1. The van der Waals surface area contributed by atoms with Gasteiger partial charge in [0, 0.05) is 19.8 Å². The second-order valence-electron chi connectivity index (χ2n) is 4.68. The second kappa shape index (κ2) is 6.49. The zero-order valence-electron chi connectivity index (χ0n) is 10.7. The number of rotatable bonds is 4. The molecule has 1 fully saturated rings. The molecular formula is C12H16Cl2N2O3S. The summed E-state index contributed by atoms with van der Waals surface area (Å²) in [6.45, 7) is 1.70. The molecule has 20 heavy (non-hydrogen) atoms. The number of benzene rings is 1. The van der Waals surface area contributed by atoms with Gasteiger partial charge in [-0.2, -0.15) is 0 Å². The van der Waals surface area contributed by atoms with E-state index in [1.54, 1.807) is 0 Å². The fourth-order valence-electron chi connectivity index (χ4n) is 2.01. The number of hydrogen-bond acceptors (Lipinski definition) is 4. The number of nitrogens with one attached hydrogen (secondary N) is 1. The molecule has 3 N–H and O–H groups in total. The van der Waals surface area contributed by atoms with Crippen LogP contribution in [0.25, 0.3) is 0 Å². The van der Waals surface area contributed by atoms with Crippen LogP contribution in [0.1, 0.15) is 12.8 Å². The van der Waals surface area contributed by atoms with Crippen LogP contribution in [0.5, 0.6) is 0 Å². The van der Waals surface area contributed by atoms with Crippen LogP contribution < -0.4 is 10.5 Å². The van der Waals surface area contributed by atoms with E-state index in [9.17, 15) is 8.42 Å². The monoisotopic (exact) mass is 338 g/mol. The van der Waals surface area contributed by atoms with E-state index in [0.29, 0.717) is 19.8 Å². The topological polar surface area (TPSA) is 81.4 Å². The Bertz CT molecular complexity index is 587. The maximum atomic E-state index is 12.2. The van der Waals surface area contributed by atoms with Gasteiger partial charge in [0.15, 0.2) is 0 Å². The third kappa shape index (κ3) is 3.56. The molecule has 0 atom stereocenters. The number of halogens is 2. The first-order valence-corrected chi connectivity index (χ1v) is 8.46. The van der Waals surface area contributed by atoms with Crippen molar-refractivity contribution in [3.8, 4) is 0 Å². The average Bonchev–Trinajstić information content (AvgIpc) is 2.44. The van der Waals surface area contributed by atoms with Gasteiger partial charge in [0.1, 0.15) is 4.90 Å². The molecule has 0 radical (unpaired) electrons. The van der Waals surface area contributed by atoms with Crippen molar-refractivity contribution in [1.29, 1.82) is 0 Å². The normalized spacial score (nSPS) is 17.3. The first-order chi connectivity index (χ1) is 9.42. The zero-order valence-corrected chi connectivity index (χ0v) is 13.1. The van der Waals surface area contributed by atoms with Crippen molar-refractivity contribution >= 4 is 38.9 Å². The highest BCUT2D eigenvalue weighted by molar-refractivity contribution is 7.89. The van der Waals surface area contributed by atoms with E-state index in [-0.39, 0.29) is 26.5 Å². The van der Waals surface area contributed by atoms with E-state index in [1.807, 2.05) is 0 Å². The summed E-state index contributed by atoms with van der Waals surface area (Å²) in [7, 11) is -3.69. The molecule has 0 aromatic heterocycles. The SMILES string of the molecule is Nc1c(Cl)ccc(S(=O)(=O)NCC2CCOCC2)c1Cl. The van der Waals surface area contributed by atoms with Crippen molar-refractivity contribution in [1.82, 2.24) is 4.72 Å². The third-order valence-corrected chi connectivity index (χ3v) is 5.60. The molecule has 1 heterocycles. The van der Waals surface area contributed by atoms with Crippen LogP contribution in [0.15, 0.2) is 17.0 Å². The lowest BCUT2D eigenvalue weighted by Gasteiger charge is -2.22. The van der Waals surface area contributed by atoms with Gasteiger partial charge >= 0.3 is 0 Å². The molecule has 0 spiro atoms. The molecule has 1 saturated heterocycles. The van der Waals surface area contributed by atoms with Crippen LogP contribution in [-0.2, 0) is 14.8 Å². The van der Waals surface area contributed by atoms with Gasteiger partial charge in [0.05, 0.1) is 15.7 Å². The lowest BCUT2D eigenvalue weighted by molar-refractivity contribution is 0.0678. The van der Waals surface area contributed by atoms with Gasteiger partial charge in [0.25, 0.3) is 0 Å². The van der Waals surface area contributed by atoms with Crippen LogP contribution in [0.2, 0.25) is 10.0 Å². The molecular weight excluding hydrogens is 323 g/mol. The summed E-state index contributed by atoms with van der Waals surface area (Å²) in [4.78, 5) is -0.0480. The molecule has 112 valence electrons.